The van der Waals surface area contributed by atoms with Gasteiger partial charge in [-0.05, 0) is 75.1 Å². The van der Waals surface area contributed by atoms with E-state index in [2.05, 4.69) is 19.1 Å². The van der Waals surface area contributed by atoms with Gasteiger partial charge in [-0.15, -0.1) is 0 Å². The van der Waals surface area contributed by atoms with Crippen LogP contribution >= 0.6 is 11.9 Å². The molecule has 25 heavy (non-hydrogen) atoms. The van der Waals surface area contributed by atoms with Crippen LogP contribution in [0.1, 0.15) is 47.9 Å². The zero-order valence-electron chi connectivity index (χ0n) is 15.7. The van der Waals surface area contributed by atoms with E-state index in [1.165, 1.54) is 17.5 Å². The highest BCUT2D eigenvalue weighted by Gasteiger charge is 2.54. The third-order valence-corrected chi connectivity index (χ3v) is 6.55. The molecule has 2 aliphatic rings. The molecule has 0 saturated heterocycles. The Morgan fingerprint density at radius 2 is 1.76 bits per heavy atom. The van der Waals surface area contributed by atoms with Crippen LogP contribution < -0.4 is 0 Å². The fourth-order valence-corrected chi connectivity index (χ4v) is 5.40. The van der Waals surface area contributed by atoms with Crippen LogP contribution in [-0.2, 0) is 9.53 Å². The number of carbonyl (C=O) groups is 1. The topological polar surface area (TPSA) is 49.8 Å². The fourth-order valence-electron chi connectivity index (χ4n) is 4.53. The largest absolute Gasteiger partial charge is 0.509 e. The summed E-state index contributed by atoms with van der Waals surface area (Å²) in [6.45, 7) is 6.08. The summed E-state index contributed by atoms with van der Waals surface area (Å²) in [7, 11) is 1.73. The first-order valence-electron chi connectivity index (χ1n) is 8.79. The van der Waals surface area contributed by atoms with E-state index >= 15 is 0 Å². The average molecular weight is 362 g/mol. The quantitative estimate of drug-likeness (QED) is 0.814. The molecular weight excluding hydrogens is 334 g/mol. The van der Waals surface area contributed by atoms with Gasteiger partial charge in [0.25, 0.3) is 5.91 Å². The van der Waals surface area contributed by atoms with E-state index in [0.29, 0.717) is 5.57 Å². The van der Waals surface area contributed by atoms with Crippen LogP contribution in [0, 0.1) is 20.8 Å². The summed E-state index contributed by atoms with van der Waals surface area (Å²) < 4.78 is 7.27. The highest BCUT2D eigenvalue weighted by Crippen LogP contribution is 2.50. The molecule has 0 aromatic heterocycles. The first kappa shape index (κ1) is 18.3. The van der Waals surface area contributed by atoms with Gasteiger partial charge in [-0.25, -0.2) is 0 Å². The number of nitrogens with zero attached hydrogens (tertiary/aromatic N) is 1. The molecule has 136 valence electrons. The molecule has 1 amide bonds. The molecular formula is C20H27NO3S. The zero-order chi connectivity index (χ0) is 18.4. The van der Waals surface area contributed by atoms with E-state index in [0.717, 1.165) is 42.4 Å². The van der Waals surface area contributed by atoms with Gasteiger partial charge in [-0.1, -0.05) is 17.7 Å². The number of aliphatic hydroxyl groups is 1. The first-order valence-corrected chi connectivity index (χ1v) is 9.97. The summed E-state index contributed by atoms with van der Waals surface area (Å²) in [5, 5.41) is 11.2. The first-order chi connectivity index (χ1) is 11.9. The van der Waals surface area contributed by atoms with Gasteiger partial charge in [0.2, 0.25) is 0 Å². The summed E-state index contributed by atoms with van der Waals surface area (Å²) >= 11 is 1.41. The SMILES string of the molecule is COC1CCC2(CC1)C(O)=C(c1c(C)cc(C)cc1C)C(=O)N2SC. The normalized spacial score (nSPS) is 26.8. The van der Waals surface area contributed by atoms with Crippen molar-refractivity contribution in [1.82, 2.24) is 4.31 Å². The lowest BCUT2D eigenvalue weighted by molar-refractivity contribution is -0.123. The number of aryl methyl sites for hydroxylation is 3. The number of rotatable bonds is 3. The van der Waals surface area contributed by atoms with Crippen molar-refractivity contribution >= 4 is 23.4 Å². The van der Waals surface area contributed by atoms with Crippen molar-refractivity contribution in [2.45, 2.75) is 58.1 Å². The van der Waals surface area contributed by atoms with E-state index in [9.17, 15) is 9.90 Å². The third-order valence-electron chi connectivity index (χ3n) is 5.67. The number of hydrogen-bond donors (Lipinski definition) is 1. The molecule has 3 rings (SSSR count). The minimum atomic E-state index is -0.593. The number of hydrogen-bond acceptors (Lipinski definition) is 4. The molecule has 1 spiro atoms. The lowest BCUT2D eigenvalue weighted by Gasteiger charge is -2.42. The smallest absolute Gasteiger partial charge is 0.268 e. The van der Waals surface area contributed by atoms with Crippen LogP contribution in [0.15, 0.2) is 17.9 Å². The van der Waals surface area contributed by atoms with Crippen molar-refractivity contribution in [2.75, 3.05) is 13.4 Å². The average Bonchev–Trinajstić information content (AvgIpc) is 2.76. The van der Waals surface area contributed by atoms with Crippen molar-refractivity contribution in [3.63, 3.8) is 0 Å². The maximum absolute atomic E-state index is 13.2. The summed E-state index contributed by atoms with van der Waals surface area (Å²) in [5.41, 5.74) is 4.02. The Bertz CT molecular complexity index is 709. The monoisotopic (exact) mass is 361 g/mol. The van der Waals surface area contributed by atoms with Crippen LogP contribution in [0.2, 0.25) is 0 Å². The summed E-state index contributed by atoms with van der Waals surface area (Å²) in [5.74, 6) is 0.173. The minimum Gasteiger partial charge on any atom is -0.509 e. The molecule has 1 aliphatic heterocycles. The van der Waals surface area contributed by atoms with E-state index in [1.54, 1.807) is 11.4 Å². The molecule has 0 radical (unpaired) electrons. The van der Waals surface area contributed by atoms with E-state index < -0.39 is 5.54 Å². The molecule has 0 bridgehead atoms. The van der Waals surface area contributed by atoms with Crippen LogP contribution in [0.4, 0.5) is 0 Å². The number of benzene rings is 1. The van der Waals surface area contributed by atoms with Crippen LogP contribution in [0.25, 0.3) is 5.57 Å². The molecule has 1 aliphatic carbocycles. The number of aliphatic hydroxyl groups excluding tert-OH is 1. The van der Waals surface area contributed by atoms with Crippen LogP contribution in [0.5, 0.6) is 0 Å². The van der Waals surface area contributed by atoms with Gasteiger partial charge in [0.15, 0.2) is 0 Å². The van der Waals surface area contributed by atoms with Gasteiger partial charge in [0.1, 0.15) is 11.3 Å². The third kappa shape index (κ3) is 2.77. The van der Waals surface area contributed by atoms with Gasteiger partial charge >= 0.3 is 0 Å². The molecule has 1 aromatic rings. The molecule has 1 saturated carbocycles. The predicted octanol–water partition coefficient (Wildman–Crippen LogP) is 4.33. The van der Waals surface area contributed by atoms with E-state index in [1.807, 2.05) is 20.1 Å². The second-order valence-corrected chi connectivity index (χ2v) is 7.98. The summed E-state index contributed by atoms with van der Waals surface area (Å²) in [4.78, 5) is 13.2. The Hall–Kier alpha value is -1.46. The number of carbonyl (C=O) groups excluding carboxylic acids is 1. The van der Waals surface area contributed by atoms with Gasteiger partial charge in [-0.3, -0.25) is 9.10 Å². The maximum atomic E-state index is 13.2. The van der Waals surface area contributed by atoms with Crippen LogP contribution in [-0.4, -0.2) is 40.3 Å². The lowest BCUT2D eigenvalue weighted by Crippen LogP contribution is -2.47. The number of methoxy groups -OCH3 is 1. The highest BCUT2D eigenvalue weighted by molar-refractivity contribution is 7.96. The number of ether oxygens (including phenoxy) is 1. The molecule has 1 fully saturated rings. The Labute approximate surface area is 154 Å². The molecule has 4 nitrogen and oxygen atoms in total. The predicted molar refractivity (Wildman–Crippen MR) is 103 cm³/mol. The molecule has 5 heteroatoms. The van der Waals surface area contributed by atoms with Gasteiger partial charge in [0, 0.05) is 13.4 Å². The summed E-state index contributed by atoms with van der Waals surface area (Å²) in [6.07, 6.45) is 5.29. The van der Waals surface area contributed by atoms with Gasteiger partial charge in [0.05, 0.1) is 11.7 Å². The van der Waals surface area contributed by atoms with Crippen molar-refractivity contribution in [3.05, 3.63) is 40.1 Å². The molecule has 1 N–H and O–H groups in total. The van der Waals surface area contributed by atoms with Crippen molar-refractivity contribution < 1.29 is 14.6 Å². The van der Waals surface area contributed by atoms with Crippen molar-refractivity contribution in [2.24, 2.45) is 0 Å². The molecule has 1 aromatic carbocycles. The Morgan fingerprint density at radius 1 is 1.20 bits per heavy atom. The standard InChI is InChI=1S/C20H27NO3S/c1-12-10-13(2)16(14(3)11-12)17-18(22)20(21(25-5)19(17)23)8-6-15(24-4)7-9-20/h10-11,15,22H,6-9H2,1-5H3. The second kappa shape index (κ2) is 6.69. The summed E-state index contributed by atoms with van der Waals surface area (Å²) in [6, 6.07) is 4.15. The van der Waals surface area contributed by atoms with Crippen LogP contribution in [0.3, 0.4) is 0 Å². The van der Waals surface area contributed by atoms with E-state index in [-0.39, 0.29) is 17.8 Å². The lowest BCUT2D eigenvalue weighted by atomic mass is 9.79. The number of amides is 1. The Balaban J connectivity index is 2.12. The molecule has 0 unspecified atom stereocenters. The maximum Gasteiger partial charge on any atom is 0.268 e. The van der Waals surface area contributed by atoms with E-state index in [4.69, 9.17) is 4.74 Å². The fraction of sp³-hybridized carbons (Fsp3) is 0.550. The van der Waals surface area contributed by atoms with Crippen molar-refractivity contribution in [1.29, 1.82) is 0 Å². The minimum absolute atomic E-state index is 0.0732. The van der Waals surface area contributed by atoms with Gasteiger partial charge in [-0.2, -0.15) is 0 Å². The highest BCUT2D eigenvalue weighted by atomic mass is 32.2. The Morgan fingerprint density at radius 3 is 2.24 bits per heavy atom. The van der Waals surface area contributed by atoms with Crippen molar-refractivity contribution in [3.8, 4) is 0 Å². The molecule has 1 heterocycles. The second-order valence-electron chi connectivity index (χ2n) is 7.25. The Kier molecular flexibility index (Phi) is 4.91. The molecule has 0 atom stereocenters. The zero-order valence-corrected chi connectivity index (χ0v) is 16.5. The van der Waals surface area contributed by atoms with Gasteiger partial charge < -0.3 is 9.84 Å².